The molecule has 8 aromatic rings. The van der Waals surface area contributed by atoms with E-state index in [1.807, 2.05) is 146 Å². The van der Waals surface area contributed by atoms with Crippen LogP contribution in [0.5, 0.6) is 0 Å². The number of carbonyl (C=O) groups is 4. The van der Waals surface area contributed by atoms with Crippen molar-refractivity contribution in [1.82, 2.24) is 19.9 Å². The summed E-state index contributed by atoms with van der Waals surface area (Å²) in [6.45, 7) is 0. The zero-order valence-electron chi connectivity index (χ0n) is 34.1. The second-order valence-electron chi connectivity index (χ2n) is 15.7. The largest absolute Gasteiger partial charge is 0.481 e. The second-order valence-corrected chi connectivity index (χ2v) is 15.7. The smallest absolute Gasteiger partial charge is 0.307 e. The summed E-state index contributed by atoms with van der Waals surface area (Å²) in [4.78, 5) is 61.1. The van der Waals surface area contributed by atoms with E-state index in [9.17, 15) is 39.6 Å². The summed E-state index contributed by atoms with van der Waals surface area (Å²) in [6, 6.07) is 45.7. The molecule has 64 heavy (non-hydrogen) atoms. The summed E-state index contributed by atoms with van der Waals surface area (Å²) < 4.78 is 0. The van der Waals surface area contributed by atoms with Crippen LogP contribution in [0.1, 0.15) is 67.3 Å². The number of rotatable bonds is 12. The average Bonchev–Trinajstić information content (AvgIpc) is 4.11. The van der Waals surface area contributed by atoms with Crippen LogP contribution < -0.4 is 21.4 Å². The Balaban J connectivity index is 1.35. The maximum absolute atomic E-state index is 11.6. The van der Waals surface area contributed by atoms with E-state index >= 15 is 0 Å². The monoisotopic (exact) mass is 848 g/mol. The molecule has 9 rings (SSSR count). The molecule has 0 radical (unpaired) electrons. The molecule has 0 atom stereocenters. The highest BCUT2D eigenvalue weighted by Gasteiger charge is 2.19. The van der Waals surface area contributed by atoms with Gasteiger partial charge in [-0.1, -0.05) is 97.1 Å². The Kier molecular flexibility index (Phi) is 10.8. The summed E-state index contributed by atoms with van der Waals surface area (Å²) in [5, 5.41) is 41.1. The number of carboxylic acids is 4. The molecule has 0 spiro atoms. The van der Waals surface area contributed by atoms with Crippen LogP contribution in [-0.4, -0.2) is 64.2 Å². The van der Waals surface area contributed by atoms with Gasteiger partial charge in [0, 0.05) is 66.5 Å². The Labute approximate surface area is 364 Å². The second kappa shape index (κ2) is 17.0. The van der Waals surface area contributed by atoms with Crippen LogP contribution in [0.3, 0.4) is 0 Å². The Bertz CT molecular complexity index is 2920. The number of hydrogen-bond donors (Lipinski definition) is 8. The first kappa shape index (κ1) is 40.7. The molecule has 1 aliphatic rings. The molecule has 12 nitrogen and oxygen atoms in total. The maximum atomic E-state index is 11.6. The van der Waals surface area contributed by atoms with Gasteiger partial charge >= 0.3 is 23.9 Å². The van der Waals surface area contributed by atoms with E-state index in [4.69, 9.17) is 0 Å². The van der Waals surface area contributed by atoms with Crippen LogP contribution in [0.4, 0.5) is 0 Å². The van der Waals surface area contributed by atoms with Gasteiger partial charge in [0.1, 0.15) is 0 Å². The number of benzene rings is 4. The van der Waals surface area contributed by atoms with E-state index in [0.717, 1.165) is 88.7 Å². The summed E-state index contributed by atoms with van der Waals surface area (Å²) in [5.41, 5.74) is 12.3. The minimum Gasteiger partial charge on any atom is -0.481 e. The standard InChI is InChI=1S/C52H40N4O8/c57-45(58)25-29-1-9-33(10-2-29)49-37-17-19-39(53-37)50(34-11-3-30(4-12-34)26-46(59)60)41-21-23-43(55-41)52(36-15-7-32(8-16-36)28-48(63)64)44-24-22-42(56-44)51(40-20-18-38(49)54-40)35-13-5-31(6-14-35)27-47(61)62/h1-24,53-56H,25-28H2,(H,57,58)(H,59,60)(H,61,62)(H,63,64). The third-order valence-corrected chi connectivity index (χ3v) is 11.3. The molecule has 12 heteroatoms. The molecule has 1 aliphatic heterocycles. The Morgan fingerprint density at radius 2 is 0.484 bits per heavy atom. The average molecular weight is 849 g/mol. The molecule has 0 unspecified atom stereocenters. The molecule has 8 N–H and O–H groups in total. The molecule has 316 valence electrons. The van der Waals surface area contributed by atoms with Gasteiger partial charge < -0.3 is 40.4 Å². The molecular weight excluding hydrogens is 809 g/mol. The predicted octanol–water partition coefficient (Wildman–Crippen LogP) is 4.81. The normalized spacial score (nSPS) is 12.4. The Morgan fingerprint density at radius 1 is 0.281 bits per heavy atom. The molecule has 0 saturated heterocycles. The number of nitrogens with one attached hydrogen (secondary N) is 4. The van der Waals surface area contributed by atoms with Crippen LogP contribution in [-0.2, 0) is 44.9 Å². The molecular formula is C52H40N4O8. The van der Waals surface area contributed by atoms with Crippen molar-refractivity contribution < 1.29 is 39.6 Å². The van der Waals surface area contributed by atoms with Crippen molar-refractivity contribution >= 4 is 46.2 Å². The first-order chi connectivity index (χ1) is 30.9. The topological polar surface area (TPSA) is 212 Å². The number of aliphatic carboxylic acids is 4. The summed E-state index contributed by atoms with van der Waals surface area (Å²) in [5.74, 6) is -3.71. The Hall–Kier alpha value is -8.64. The number of hydrogen-bond acceptors (Lipinski definition) is 4. The van der Waals surface area contributed by atoms with Crippen molar-refractivity contribution in [2.45, 2.75) is 25.7 Å². The van der Waals surface area contributed by atoms with E-state index < -0.39 is 23.9 Å². The zero-order valence-corrected chi connectivity index (χ0v) is 34.1. The third kappa shape index (κ3) is 8.48. The van der Waals surface area contributed by atoms with Crippen LogP contribution in [0.15, 0.2) is 146 Å². The van der Waals surface area contributed by atoms with Gasteiger partial charge in [-0.25, -0.2) is 0 Å². The summed E-state index contributed by atoms with van der Waals surface area (Å²) >= 11 is 0. The summed E-state index contributed by atoms with van der Waals surface area (Å²) in [6.07, 6.45) is -0.470. The molecule has 8 bridgehead atoms. The van der Waals surface area contributed by atoms with E-state index in [-0.39, 0.29) is 25.7 Å². The van der Waals surface area contributed by atoms with Gasteiger partial charge in [-0.2, -0.15) is 0 Å². The number of aromatic nitrogens is 4. The molecule has 4 aromatic heterocycles. The minimum absolute atomic E-state index is 0.118. The molecule has 4 aromatic carbocycles. The lowest BCUT2D eigenvalue weighted by atomic mass is 10.00. The number of aromatic amines is 4. The van der Waals surface area contributed by atoms with Crippen LogP contribution >= 0.6 is 0 Å². The van der Waals surface area contributed by atoms with Crippen LogP contribution in [0.25, 0.3) is 22.3 Å². The predicted molar refractivity (Wildman–Crippen MR) is 239 cm³/mol. The van der Waals surface area contributed by atoms with Crippen molar-refractivity contribution in [3.8, 4) is 0 Å². The fourth-order valence-electron chi connectivity index (χ4n) is 8.43. The van der Waals surface area contributed by atoms with Gasteiger partial charge in [-0.3, -0.25) is 19.2 Å². The van der Waals surface area contributed by atoms with Crippen molar-refractivity contribution in [2.75, 3.05) is 0 Å². The lowest BCUT2D eigenvalue weighted by Gasteiger charge is -2.11. The van der Waals surface area contributed by atoms with Gasteiger partial charge in [0.2, 0.25) is 0 Å². The summed E-state index contributed by atoms with van der Waals surface area (Å²) in [7, 11) is 0. The lowest BCUT2D eigenvalue weighted by Crippen LogP contribution is -2.19. The molecule has 5 heterocycles. The van der Waals surface area contributed by atoms with Crippen molar-refractivity contribution in [3.05, 3.63) is 234 Å². The highest BCUT2D eigenvalue weighted by atomic mass is 16.4. The van der Waals surface area contributed by atoms with Gasteiger partial charge in [0.25, 0.3) is 0 Å². The molecule has 0 fully saturated rings. The molecule has 0 aliphatic carbocycles. The fourth-order valence-corrected chi connectivity index (χ4v) is 8.43. The van der Waals surface area contributed by atoms with Crippen LogP contribution in [0, 0.1) is 0 Å². The lowest BCUT2D eigenvalue weighted by molar-refractivity contribution is -0.137. The van der Waals surface area contributed by atoms with E-state index in [1.54, 1.807) is 0 Å². The quantitative estimate of drug-likeness (QED) is 0.0853. The Morgan fingerprint density at radius 3 is 0.672 bits per heavy atom. The SMILES string of the molecule is O=C(O)Cc1ccc(C2=c3ccc([nH]3)=C(c3ccc(CC(=O)O)cc3)c3ccc([nH]3)C(c3ccc(CC(=O)O)cc3)=c3ccc([nH]3)=C(c3ccc(CC(=O)O)cc3)c3ccc2[nH]3)cc1. The van der Waals surface area contributed by atoms with Gasteiger partial charge in [0.05, 0.1) is 25.7 Å². The first-order valence-corrected chi connectivity index (χ1v) is 20.5. The molecule has 0 saturated carbocycles. The first-order valence-electron chi connectivity index (χ1n) is 20.5. The van der Waals surface area contributed by atoms with Gasteiger partial charge in [-0.05, 0) is 93.0 Å². The van der Waals surface area contributed by atoms with Crippen molar-refractivity contribution in [2.24, 2.45) is 0 Å². The fraction of sp³-hybridized carbons (Fsp3) is 0.0769. The number of fused-ring (bicyclic) bond motifs is 8. The van der Waals surface area contributed by atoms with E-state index in [0.29, 0.717) is 22.3 Å². The maximum Gasteiger partial charge on any atom is 0.307 e. The number of carboxylic acid groups (broad SMARTS) is 4. The highest BCUT2D eigenvalue weighted by molar-refractivity contribution is 5.85. The van der Waals surface area contributed by atoms with Crippen LogP contribution in [0.2, 0.25) is 0 Å². The van der Waals surface area contributed by atoms with Gasteiger partial charge in [0.15, 0.2) is 0 Å². The third-order valence-electron chi connectivity index (χ3n) is 11.3. The number of H-pyrrole nitrogens is 4. The van der Waals surface area contributed by atoms with E-state index in [2.05, 4.69) is 19.9 Å². The van der Waals surface area contributed by atoms with E-state index in [1.165, 1.54) is 0 Å². The van der Waals surface area contributed by atoms with Gasteiger partial charge in [-0.15, -0.1) is 0 Å². The van der Waals surface area contributed by atoms with Crippen molar-refractivity contribution in [1.29, 1.82) is 0 Å². The van der Waals surface area contributed by atoms with Crippen molar-refractivity contribution in [3.63, 3.8) is 0 Å². The minimum atomic E-state index is -0.926. The zero-order chi connectivity index (χ0) is 44.5. The highest BCUT2D eigenvalue weighted by Crippen LogP contribution is 2.29. The molecule has 0 amide bonds.